The molecule has 0 bridgehead atoms. The molecule has 2 heterocycles. The van der Waals surface area contributed by atoms with Crippen molar-refractivity contribution in [2.75, 3.05) is 0 Å². The van der Waals surface area contributed by atoms with E-state index in [4.69, 9.17) is 24.9 Å². The van der Waals surface area contributed by atoms with Crippen molar-refractivity contribution in [3.8, 4) is 79.2 Å². The summed E-state index contributed by atoms with van der Waals surface area (Å²) in [7, 11) is 0. The van der Waals surface area contributed by atoms with E-state index in [-0.39, 0.29) is 0 Å². The average Bonchev–Trinajstić information content (AvgIpc) is 3.19. The first kappa shape index (κ1) is 28.9. The number of nitrogens with zero attached hydrogens (tertiary/aromatic N) is 5. The molecule has 0 spiro atoms. The van der Waals surface area contributed by atoms with Crippen LogP contribution in [0.4, 0.5) is 0 Å². The summed E-state index contributed by atoms with van der Waals surface area (Å²) in [5.41, 5.74) is 9.67. The van der Waals surface area contributed by atoms with Crippen LogP contribution in [-0.4, -0.2) is 24.9 Å². The molecule has 0 aliphatic carbocycles. The van der Waals surface area contributed by atoms with Gasteiger partial charge < -0.3 is 0 Å². The topological polar surface area (TPSA) is 64.5 Å². The maximum Gasteiger partial charge on any atom is 0.164 e. The van der Waals surface area contributed by atoms with Crippen molar-refractivity contribution >= 4 is 0 Å². The molecule has 0 unspecified atom stereocenters. The predicted molar refractivity (Wildman–Crippen MR) is 193 cm³/mol. The number of rotatable bonds is 7. The monoisotopic (exact) mass is 615 g/mol. The second kappa shape index (κ2) is 13.0. The molecule has 0 aliphatic heterocycles. The van der Waals surface area contributed by atoms with Crippen molar-refractivity contribution in [1.29, 1.82) is 0 Å². The third kappa shape index (κ3) is 6.00. The Kier molecular flexibility index (Phi) is 7.83. The Balaban J connectivity index is 1.21. The van der Waals surface area contributed by atoms with Gasteiger partial charge in [-0.25, -0.2) is 24.9 Å². The average molecular weight is 616 g/mol. The third-order valence-corrected chi connectivity index (χ3v) is 8.19. The summed E-state index contributed by atoms with van der Waals surface area (Å²) in [6.45, 7) is 0. The first-order valence-electron chi connectivity index (χ1n) is 15.9. The van der Waals surface area contributed by atoms with Crippen molar-refractivity contribution < 1.29 is 0 Å². The molecule has 6 aromatic carbocycles. The van der Waals surface area contributed by atoms with E-state index in [1.807, 2.05) is 121 Å². The Hall–Kier alpha value is -6.59. The van der Waals surface area contributed by atoms with Crippen molar-refractivity contribution in [3.05, 3.63) is 176 Å². The van der Waals surface area contributed by atoms with Crippen molar-refractivity contribution in [1.82, 2.24) is 24.9 Å². The lowest BCUT2D eigenvalue weighted by Gasteiger charge is -2.13. The molecule has 0 atom stereocenters. The summed E-state index contributed by atoms with van der Waals surface area (Å²) >= 11 is 0. The van der Waals surface area contributed by atoms with Gasteiger partial charge in [0.2, 0.25) is 0 Å². The summed E-state index contributed by atoms with van der Waals surface area (Å²) in [6, 6.07) is 59.3. The van der Waals surface area contributed by atoms with Crippen LogP contribution in [0.25, 0.3) is 79.2 Å². The maximum absolute atomic E-state index is 5.01. The molecule has 48 heavy (non-hydrogen) atoms. The van der Waals surface area contributed by atoms with Crippen molar-refractivity contribution in [3.63, 3.8) is 0 Å². The predicted octanol–water partition coefficient (Wildman–Crippen LogP) is 10.3. The Bertz CT molecular complexity index is 2190. The first-order chi connectivity index (χ1) is 23.8. The fourth-order valence-electron chi connectivity index (χ4n) is 5.75. The van der Waals surface area contributed by atoms with Crippen LogP contribution in [0.3, 0.4) is 0 Å². The highest BCUT2D eigenvalue weighted by molar-refractivity contribution is 5.83. The van der Waals surface area contributed by atoms with Gasteiger partial charge in [-0.3, -0.25) is 0 Å². The standard InChI is InChI=1S/C43H29N5/c1-5-15-31(16-6-1)38-29-39(45-40(44-38)33-17-7-2-8-18-33)32-27-25-30(26-28-32)36-23-13-14-24-37(36)43-47-41(34-19-9-3-10-20-34)46-42(48-43)35-21-11-4-12-22-35/h1-29H. The molecule has 5 nitrogen and oxygen atoms in total. The number of benzene rings is 6. The van der Waals surface area contributed by atoms with Gasteiger partial charge in [-0.05, 0) is 17.2 Å². The molecule has 5 heteroatoms. The number of aromatic nitrogens is 5. The Morgan fingerprint density at radius 1 is 0.229 bits per heavy atom. The quantitative estimate of drug-likeness (QED) is 0.178. The molecule has 0 radical (unpaired) electrons. The minimum absolute atomic E-state index is 0.623. The van der Waals surface area contributed by atoms with Crippen LogP contribution in [0, 0.1) is 0 Å². The number of hydrogen-bond donors (Lipinski definition) is 0. The van der Waals surface area contributed by atoms with E-state index in [0.29, 0.717) is 23.3 Å². The van der Waals surface area contributed by atoms with Gasteiger partial charge in [0.15, 0.2) is 23.3 Å². The normalized spacial score (nSPS) is 10.9. The fraction of sp³-hybridized carbons (Fsp3) is 0. The zero-order valence-corrected chi connectivity index (χ0v) is 26.0. The molecule has 0 saturated heterocycles. The van der Waals surface area contributed by atoms with Gasteiger partial charge in [0.25, 0.3) is 0 Å². The molecule has 8 rings (SSSR count). The van der Waals surface area contributed by atoms with E-state index < -0.39 is 0 Å². The van der Waals surface area contributed by atoms with Gasteiger partial charge in [-0.15, -0.1) is 0 Å². The zero-order chi connectivity index (χ0) is 32.1. The van der Waals surface area contributed by atoms with Crippen LogP contribution in [0.2, 0.25) is 0 Å². The van der Waals surface area contributed by atoms with Crippen LogP contribution in [0.5, 0.6) is 0 Å². The SMILES string of the molecule is c1ccc(-c2cc(-c3ccc(-c4ccccc4-c4nc(-c5ccccc5)nc(-c5ccccc5)n4)cc3)nc(-c3ccccc3)n2)cc1. The highest BCUT2D eigenvalue weighted by Crippen LogP contribution is 2.34. The summed E-state index contributed by atoms with van der Waals surface area (Å²) in [6.07, 6.45) is 0. The summed E-state index contributed by atoms with van der Waals surface area (Å²) < 4.78 is 0. The minimum Gasteiger partial charge on any atom is -0.228 e. The third-order valence-electron chi connectivity index (χ3n) is 8.19. The number of hydrogen-bond acceptors (Lipinski definition) is 5. The molecule has 2 aromatic heterocycles. The van der Waals surface area contributed by atoms with Gasteiger partial charge in [0.1, 0.15) is 0 Å². The molecule has 8 aromatic rings. The Morgan fingerprint density at radius 3 is 1.04 bits per heavy atom. The second-order valence-corrected chi connectivity index (χ2v) is 11.4. The van der Waals surface area contributed by atoms with E-state index in [1.54, 1.807) is 0 Å². The molecule has 0 fully saturated rings. The van der Waals surface area contributed by atoms with Gasteiger partial charge in [-0.1, -0.05) is 170 Å². The molecular formula is C43H29N5. The summed E-state index contributed by atoms with van der Waals surface area (Å²) in [4.78, 5) is 24.8. The largest absolute Gasteiger partial charge is 0.228 e. The lowest BCUT2D eigenvalue weighted by atomic mass is 9.97. The van der Waals surface area contributed by atoms with Crippen LogP contribution in [0.1, 0.15) is 0 Å². The second-order valence-electron chi connectivity index (χ2n) is 11.4. The van der Waals surface area contributed by atoms with E-state index in [9.17, 15) is 0 Å². The van der Waals surface area contributed by atoms with Gasteiger partial charge in [0.05, 0.1) is 11.4 Å². The van der Waals surface area contributed by atoms with E-state index in [2.05, 4.69) is 54.6 Å². The zero-order valence-electron chi connectivity index (χ0n) is 26.0. The smallest absolute Gasteiger partial charge is 0.164 e. The van der Waals surface area contributed by atoms with Gasteiger partial charge in [-0.2, -0.15) is 0 Å². The molecule has 0 saturated carbocycles. The summed E-state index contributed by atoms with van der Waals surface area (Å²) in [5, 5.41) is 0. The van der Waals surface area contributed by atoms with E-state index >= 15 is 0 Å². The van der Waals surface area contributed by atoms with Crippen LogP contribution in [-0.2, 0) is 0 Å². The van der Waals surface area contributed by atoms with E-state index in [1.165, 1.54) is 0 Å². The lowest BCUT2D eigenvalue weighted by Crippen LogP contribution is -2.01. The highest BCUT2D eigenvalue weighted by atomic mass is 15.0. The highest BCUT2D eigenvalue weighted by Gasteiger charge is 2.16. The minimum atomic E-state index is 0.623. The van der Waals surface area contributed by atoms with Gasteiger partial charge >= 0.3 is 0 Å². The van der Waals surface area contributed by atoms with Gasteiger partial charge in [0, 0.05) is 33.4 Å². The maximum atomic E-state index is 5.01. The molecule has 0 amide bonds. The molecule has 0 aliphatic rings. The van der Waals surface area contributed by atoms with Crippen LogP contribution in [0.15, 0.2) is 176 Å². The van der Waals surface area contributed by atoms with Crippen molar-refractivity contribution in [2.45, 2.75) is 0 Å². The lowest BCUT2D eigenvalue weighted by molar-refractivity contribution is 1.07. The van der Waals surface area contributed by atoms with E-state index in [0.717, 1.165) is 55.9 Å². The Labute approximate surface area is 279 Å². The van der Waals surface area contributed by atoms with Crippen LogP contribution >= 0.6 is 0 Å². The summed E-state index contributed by atoms with van der Waals surface area (Å²) in [5.74, 6) is 2.59. The van der Waals surface area contributed by atoms with Crippen molar-refractivity contribution in [2.24, 2.45) is 0 Å². The molecular weight excluding hydrogens is 587 g/mol. The van der Waals surface area contributed by atoms with Crippen LogP contribution < -0.4 is 0 Å². The fourth-order valence-corrected chi connectivity index (χ4v) is 5.75. The molecule has 0 N–H and O–H groups in total. The Morgan fingerprint density at radius 2 is 0.562 bits per heavy atom. The first-order valence-corrected chi connectivity index (χ1v) is 15.9. The molecule has 226 valence electrons.